The number of hydrogen-bond donors (Lipinski definition) is 5. The van der Waals surface area contributed by atoms with Crippen molar-refractivity contribution < 1.29 is 14.7 Å². The summed E-state index contributed by atoms with van der Waals surface area (Å²) in [6.07, 6.45) is 3.35. The molecule has 0 radical (unpaired) electrons. The van der Waals surface area contributed by atoms with Crippen molar-refractivity contribution in [3.05, 3.63) is 40.2 Å². The molecule has 1 aromatic heterocycles. The van der Waals surface area contributed by atoms with Crippen LogP contribution < -0.4 is 21.7 Å². The number of rotatable bonds is 7. The van der Waals surface area contributed by atoms with Gasteiger partial charge in [-0.25, -0.2) is 9.97 Å². The third kappa shape index (κ3) is 5.23. The lowest BCUT2D eigenvalue weighted by molar-refractivity contribution is 0.0961. The van der Waals surface area contributed by atoms with E-state index in [-0.39, 0.29) is 40.2 Å². The number of aromatic nitrogens is 2. The highest BCUT2D eigenvalue weighted by Gasteiger charge is 2.23. The molecule has 1 aliphatic carbocycles. The summed E-state index contributed by atoms with van der Waals surface area (Å²) in [6, 6.07) is 5.08. The highest BCUT2D eigenvalue weighted by Crippen LogP contribution is 2.31. The van der Waals surface area contributed by atoms with Gasteiger partial charge in [0.25, 0.3) is 11.8 Å². The Morgan fingerprint density at radius 3 is 2.52 bits per heavy atom. The molecule has 1 fully saturated rings. The molecule has 0 aliphatic heterocycles. The molecule has 10 heteroatoms. The van der Waals surface area contributed by atoms with Crippen LogP contribution >= 0.6 is 11.6 Å². The average Bonchev–Trinajstić information content (AvgIpc) is 2.76. The molecule has 9 nitrogen and oxygen atoms in total. The first kappa shape index (κ1) is 22.8. The highest BCUT2D eigenvalue weighted by atomic mass is 35.5. The molecular weight excluding hydrogens is 420 g/mol. The van der Waals surface area contributed by atoms with Gasteiger partial charge in [-0.3, -0.25) is 9.59 Å². The minimum atomic E-state index is -0.726. The lowest BCUT2D eigenvalue weighted by atomic mass is 9.93. The number of hydrogen-bond acceptors (Lipinski definition) is 7. The molecule has 2 aromatic rings. The number of primary amides is 1. The maximum Gasteiger partial charge on any atom is 0.271 e. The van der Waals surface area contributed by atoms with Crippen molar-refractivity contribution in [1.29, 1.82) is 0 Å². The first-order valence-corrected chi connectivity index (χ1v) is 10.6. The lowest BCUT2D eigenvalue weighted by Crippen LogP contribution is -2.29. The third-order valence-corrected chi connectivity index (χ3v) is 5.70. The van der Waals surface area contributed by atoms with Crippen LogP contribution in [0.4, 0.5) is 17.3 Å². The summed E-state index contributed by atoms with van der Waals surface area (Å²) >= 11 is 6.40. The number of anilines is 3. The summed E-state index contributed by atoms with van der Waals surface area (Å²) in [4.78, 5) is 33.1. The van der Waals surface area contributed by atoms with Crippen molar-refractivity contribution >= 4 is 40.7 Å². The van der Waals surface area contributed by atoms with Gasteiger partial charge in [0.2, 0.25) is 0 Å². The molecular formula is C21H27ClN6O3. The van der Waals surface area contributed by atoms with E-state index in [1.165, 1.54) is 7.05 Å². The Morgan fingerprint density at radius 2 is 1.90 bits per heavy atom. The van der Waals surface area contributed by atoms with Gasteiger partial charge < -0.3 is 26.8 Å². The zero-order valence-electron chi connectivity index (χ0n) is 17.5. The van der Waals surface area contributed by atoms with Gasteiger partial charge in [0.1, 0.15) is 5.82 Å². The number of aliphatic hydroxyl groups is 1. The van der Waals surface area contributed by atoms with Gasteiger partial charge in [-0.1, -0.05) is 24.6 Å². The van der Waals surface area contributed by atoms with E-state index in [1.807, 2.05) is 6.92 Å². The standard InChI is InChI=1S/C21H27ClN6O3/c1-3-14-19(25-11-7-9-12(29)10-8-11)28-20(17(26-14)18(23)30)27-15-6-4-5-13(16(15)22)21(31)24-2/h4-6,11-12,29H,3,7-10H2,1-2H3,(H2,23,30)(H,24,31)(H2,25,27,28)/t11-,12-. The van der Waals surface area contributed by atoms with Gasteiger partial charge in [-0.05, 0) is 44.2 Å². The smallest absolute Gasteiger partial charge is 0.271 e. The van der Waals surface area contributed by atoms with Crippen LogP contribution in [0.1, 0.15) is 59.1 Å². The Morgan fingerprint density at radius 1 is 1.19 bits per heavy atom. The van der Waals surface area contributed by atoms with Gasteiger partial charge in [0.05, 0.1) is 28.1 Å². The van der Waals surface area contributed by atoms with E-state index in [9.17, 15) is 14.7 Å². The number of aliphatic hydroxyl groups excluding tert-OH is 1. The van der Waals surface area contributed by atoms with Crippen LogP contribution in [0.2, 0.25) is 5.02 Å². The minimum absolute atomic E-state index is 0.0112. The number of benzene rings is 1. The summed E-state index contributed by atoms with van der Waals surface area (Å²) in [5, 5.41) is 18.9. The van der Waals surface area contributed by atoms with Crippen molar-refractivity contribution in [1.82, 2.24) is 15.3 Å². The first-order valence-electron chi connectivity index (χ1n) is 10.3. The largest absolute Gasteiger partial charge is 0.393 e. The van der Waals surface area contributed by atoms with E-state index in [2.05, 4.69) is 25.9 Å². The Hall–Kier alpha value is -2.91. The molecule has 0 spiro atoms. The van der Waals surface area contributed by atoms with E-state index in [0.29, 0.717) is 23.6 Å². The van der Waals surface area contributed by atoms with E-state index in [0.717, 1.165) is 25.7 Å². The Bertz CT molecular complexity index is 976. The second-order valence-electron chi connectivity index (χ2n) is 7.45. The van der Waals surface area contributed by atoms with Crippen LogP contribution in [-0.2, 0) is 6.42 Å². The van der Waals surface area contributed by atoms with E-state index >= 15 is 0 Å². The molecule has 0 saturated heterocycles. The van der Waals surface area contributed by atoms with Crippen LogP contribution in [0.25, 0.3) is 0 Å². The van der Waals surface area contributed by atoms with E-state index in [4.69, 9.17) is 17.3 Å². The quantitative estimate of drug-likeness (QED) is 0.440. The Labute approximate surface area is 185 Å². The summed E-state index contributed by atoms with van der Waals surface area (Å²) in [6.45, 7) is 1.92. The maximum atomic E-state index is 12.1. The van der Waals surface area contributed by atoms with Crippen molar-refractivity contribution in [3.63, 3.8) is 0 Å². The molecule has 31 heavy (non-hydrogen) atoms. The summed E-state index contributed by atoms with van der Waals surface area (Å²) in [5.41, 5.74) is 6.85. The summed E-state index contributed by atoms with van der Waals surface area (Å²) in [7, 11) is 1.51. The van der Waals surface area contributed by atoms with Crippen molar-refractivity contribution in [3.8, 4) is 0 Å². The second-order valence-corrected chi connectivity index (χ2v) is 7.83. The molecule has 3 rings (SSSR count). The topological polar surface area (TPSA) is 142 Å². The zero-order chi connectivity index (χ0) is 22.5. The number of amides is 2. The molecule has 0 atom stereocenters. The number of carbonyl (C=O) groups excluding carboxylic acids is 2. The fourth-order valence-corrected chi connectivity index (χ4v) is 3.83. The van der Waals surface area contributed by atoms with Gasteiger partial charge in [-0.15, -0.1) is 0 Å². The maximum absolute atomic E-state index is 12.1. The van der Waals surface area contributed by atoms with Gasteiger partial charge in [0, 0.05) is 13.1 Å². The van der Waals surface area contributed by atoms with Crippen LogP contribution in [0.3, 0.4) is 0 Å². The number of carbonyl (C=O) groups is 2. The van der Waals surface area contributed by atoms with E-state index in [1.54, 1.807) is 18.2 Å². The fourth-order valence-electron chi connectivity index (χ4n) is 3.57. The zero-order valence-corrected chi connectivity index (χ0v) is 18.3. The summed E-state index contributed by atoms with van der Waals surface area (Å²) < 4.78 is 0. The molecule has 6 N–H and O–H groups in total. The predicted octanol–water partition coefficient (Wildman–Crippen LogP) is 2.61. The number of nitrogens with zero attached hydrogens (tertiary/aromatic N) is 2. The van der Waals surface area contributed by atoms with Crippen LogP contribution in [0.15, 0.2) is 18.2 Å². The van der Waals surface area contributed by atoms with Gasteiger partial charge in [0.15, 0.2) is 11.5 Å². The van der Waals surface area contributed by atoms with Crippen LogP contribution in [0, 0.1) is 0 Å². The number of nitrogens with one attached hydrogen (secondary N) is 3. The molecule has 1 saturated carbocycles. The predicted molar refractivity (Wildman–Crippen MR) is 120 cm³/mol. The molecule has 1 heterocycles. The molecule has 1 aliphatic rings. The minimum Gasteiger partial charge on any atom is -0.393 e. The number of halogens is 1. The number of aryl methyl sites for hydroxylation is 1. The van der Waals surface area contributed by atoms with Crippen molar-refractivity contribution in [2.24, 2.45) is 5.73 Å². The van der Waals surface area contributed by atoms with Gasteiger partial charge in [-0.2, -0.15) is 0 Å². The SMILES string of the molecule is CCc1nc(C(N)=O)c(Nc2cccc(C(=O)NC)c2Cl)nc1N[C@H]1CC[C@H](O)CC1. The van der Waals surface area contributed by atoms with Crippen molar-refractivity contribution in [2.45, 2.75) is 51.2 Å². The molecule has 0 bridgehead atoms. The molecule has 166 valence electrons. The summed E-state index contributed by atoms with van der Waals surface area (Å²) in [5.74, 6) is -0.359. The van der Waals surface area contributed by atoms with Gasteiger partial charge >= 0.3 is 0 Å². The van der Waals surface area contributed by atoms with Crippen molar-refractivity contribution in [2.75, 3.05) is 17.7 Å². The van der Waals surface area contributed by atoms with E-state index < -0.39 is 5.91 Å². The molecule has 1 aromatic carbocycles. The number of nitrogens with two attached hydrogens (primary N) is 1. The molecule has 0 unspecified atom stereocenters. The van der Waals surface area contributed by atoms with Crippen LogP contribution in [0.5, 0.6) is 0 Å². The lowest BCUT2D eigenvalue weighted by Gasteiger charge is -2.27. The average molecular weight is 447 g/mol. The third-order valence-electron chi connectivity index (χ3n) is 5.30. The normalized spacial score (nSPS) is 18.3. The molecule has 2 amide bonds. The Balaban J connectivity index is 1.97. The first-order chi connectivity index (χ1) is 14.8. The Kier molecular flexibility index (Phi) is 7.29. The highest BCUT2D eigenvalue weighted by molar-refractivity contribution is 6.36. The van der Waals surface area contributed by atoms with Crippen LogP contribution in [-0.4, -0.2) is 46.1 Å². The second kappa shape index (κ2) is 9.93. The monoisotopic (exact) mass is 446 g/mol. The fraction of sp³-hybridized carbons (Fsp3) is 0.429.